The first-order valence-electron chi connectivity index (χ1n) is 3.22. The van der Waals surface area contributed by atoms with Gasteiger partial charge in [0.25, 0.3) is 0 Å². The van der Waals surface area contributed by atoms with Crippen LogP contribution in [0.15, 0.2) is 0 Å². The maximum absolute atomic E-state index is 10.7. The predicted octanol–water partition coefficient (Wildman–Crippen LogP) is -1.12. The van der Waals surface area contributed by atoms with Gasteiger partial charge in [0, 0.05) is 12.8 Å². The van der Waals surface area contributed by atoms with Gasteiger partial charge in [-0.05, 0) is 6.42 Å². The molecule has 0 fully saturated rings. The third-order valence-electron chi connectivity index (χ3n) is 1.21. The molecule has 4 nitrogen and oxygen atoms in total. The van der Waals surface area contributed by atoms with E-state index in [2.05, 4.69) is 5.73 Å². The molecule has 0 saturated heterocycles. The molecule has 0 aromatic heterocycles. The van der Waals surface area contributed by atoms with Gasteiger partial charge in [0.15, 0.2) is 7.37 Å². The second-order valence-electron chi connectivity index (χ2n) is 2.51. The molecule has 0 spiro atoms. The summed E-state index contributed by atoms with van der Waals surface area (Å²) >= 11 is 0. The zero-order valence-electron chi connectivity index (χ0n) is 6.16. The van der Waals surface area contributed by atoms with Crippen molar-refractivity contribution in [1.29, 1.82) is 0 Å². The van der Waals surface area contributed by atoms with E-state index in [9.17, 15) is 4.57 Å². The third kappa shape index (κ3) is 6.23. The molecule has 0 amide bonds. The topological polar surface area (TPSA) is 85.2 Å². The summed E-state index contributed by atoms with van der Waals surface area (Å²) in [5.41, 5.74) is 3.46. The first-order chi connectivity index (χ1) is 4.45. The molecule has 0 bridgehead atoms. The van der Waals surface area contributed by atoms with Crippen molar-refractivity contribution < 1.29 is 20.3 Å². The van der Waals surface area contributed by atoms with Crippen LogP contribution in [0.5, 0.6) is 0 Å². The second kappa shape index (κ2) is 4.09. The molecule has 0 rings (SSSR count). The van der Waals surface area contributed by atoms with Crippen molar-refractivity contribution in [1.82, 2.24) is 0 Å². The van der Waals surface area contributed by atoms with Crippen molar-refractivity contribution in [2.75, 3.05) is 19.4 Å². The van der Waals surface area contributed by atoms with E-state index in [1.165, 1.54) is 6.66 Å². The van der Waals surface area contributed by atoms with Gasteiger partial charge in [-0.1, -0.05) is 0 Å². The van der Waals surface area contributed by atoms with Crippen LogP contribution in [0.2, 0.25) is 0 Å². The van der Waals surface area contributed by atoms with Crippen LogP contribution >= 0.6 is 7.37 Å². The molecule has 5 N–H and O–H groups in total. The van der Waals surface area contributed by atoms with Gasteiger partial charge in [0.05, 0.1) is 0 Å². The Morgan fingerprint density at radius 2 is 2.20 bits per heavy atom. The molecule has 2 atom stereocenters. The minimum atomic E-state index is -2.92. The summed E-state index contributed by atoms with van der Waals surface area (Å²) in [5, 5.41) is 8.93. The lowest BCUT2D eigenvalue weighted by Gasteiger charge is -2.07. The largest absolute Gasteiger partial charge is 0.387 e. The number of hydrogen-bond acceptors (Lipinski definition) is 2. The van der Waals surface area contributed by atoms with Crippen LogP contribution in [-0.4, -0.2) is 35.5 Å². The van der Waals surface area contributed by atoms with Crippen molar-refractivity contribution in [3.8, 4) is 0 Å². The van der Waals surface area contributed by atoms with Gasteiger partial charge < -0.3 is 15.7 Å². The highest BCUT2D eigenvalue weighted by Crippen LogP contribution is 2.35. The summed E-state index contributed by atoms with van der Waals surface area (Å²) in [6.45, 7) is 1.70. The van der Waals surface area contributed by atoms with Crippen molar-refractivity contribution in [3.63, 3.8) is 0 Å². The summed E-state index contributed by atoms with van der Waals surface area (Å²) in [7, 11) is -2.92. The van der Waals surface area contributed by atoms with Crippen LogP contribution in [0, 0.1) is 0 Å². The molecule has 2 unspecified atom stereocenters. The van der Waals surface area contributed by atoms with Crippen molar-refractivity contribution >= 4 is 7.37 Å². The fourth-order valence-corrected chi connectivity index (χ4v) is 1.31. The highest BCUT2D eigenvalue weighted by atomic mass is 31.2. The average molecular weight is 168 g/mol. The van der Waals surface area contributed by atoms with E-state index >= 15 is 0 Å². The predicted molar refractivity (Wildman–Crippen MR) is 39.0 cm³/mol. The van der Waals surface area contributed by atoms with Crippen LogP contribution in [0.1, 0.15) is 6.42 Å². The van der Waals surface area contributed by atoms with Crippen molar-refractivity contribution in [2.45, 2.75) is 12.5 Å². The molecule has 5 heteroatoms. The number of aliphatic hydroxyl groups excluding tert-OH is 1. The van der Waals surface area contributed by atoms with E-state index in [-0.39, 0.29) is 6.16 Å². The van der Waals surface area contributed by atoms with E-state index in [0.717, 1.165) is 0 Å². The van der Waals surface area contributed by atoms with E-state index in [0.29, 0.717) is 13.0 Å². The maximum Gasteiger partial charge on any atom is 0.197 e. The van der Waals surface area contributed by atoms with Gasteiger partial charge in [-0.3, -0.25) is 4.57 Å². The minimum Gasteiger partial charge on any atom is -0.387 e. The molecule has 0 aromatic rings. The minimum absolute atomic E-state index is 0.184. The molecule has 0 aliphatic carbocycles. The quantitative estimate of drug-likeness (QED) is 0.465. The van der Waals surface area contributed by atoms with Gasteiger partial charge in [-0.15, -0.1) is 0 Å². The molecule has 0 aliphatic rings. The number of quaternary nitrogens is 1. The van der Waals surface area contributed by atoms with Gasteiger partial charge in [-0.25, -0.2) is 0 Å². The summed E-state index contributed by atoms with van der Waals surface area (Å²) in [6.07, 6.45) is 0.0257. The summed E-state index contributed by atoms with van der Waals surface area (Å²) in [4.78, 5) is 8.79. The van der Waals surface area contributed by atoms with Crippen LogP contribution < -0.4 is 5.73 Å². The molecule has 0 heterocycles. The van der Waals surface area contributed by atoms with Gasteiger partial charge >= 0.3 is 0 Å². The zero-order chi connectivity index (χ0) is 8.20. The van der Waals surface area contributed by atoms with Gasteiger partial charge in [-0.2, -0.15) is 0 Å². The van der Waals surface area contributed by atoms with Crippen molar-refractivity contribution in [3.05, 3.63) is 0 Å². The summed E-state index contributed by atoms with van der Waals surface area (Å²) in [6, 6.07) is 0. The molecule has 62 valence electrons. The Labute approximate surface area is 60.5 Å². The van der Waals surface area contributed by atoms with Crippen molar-refractivity contribution in [2.24, 2.45) is 0 Å². The number of rotatable bonds is 4. The zero-order valence-corrected chi connectivity index (χ0v) is 7.05. The first kappa shape index (κ1) is 10.1. The Balaban J connectivity index is 3.46. The van der Waals surface area contributed by atoms with E-state index in [1.807, 2.05) is 0 Å². The Kier molecular flexibility index (Phi) is 4.13. The van der Waals surface area contributed by atoms with Crippen LogP contribution in [-0.2, 0) is 4.57 Å². The molecule has 0 aliphatic heterocycles. The lowest BCUT2D eigenvalue weighted by Crippen LogP contribution is -2.55. The molecule has 0 aromatic carbocycles. The number of hydrogen-bond donors (Lipinski definition) is 3. The molecular weight excluding hydrogens is 153 g/mol. The Morgan fingerprint density at radius 3 is 2.50 bits per heavy atom. The third-order valence-corrected chi connectivity index (χ3v) is 2.30. The summed E-state index contributed by atoms with van der Waals surface area (Å²) in [5.74, 6) is 0. The lowest BCUT2D eigenvalue weighted by atomic mass is 10.3. The summed E-state index contributed by atoms with van der Waals surface area (Å²) < 4.78 is 10.7. The molecule has 0 radical (unpaired) electrons. The second-order valence-corrected chi connectivity index (χ2v) is 5.05. The Morgan fingerprint density at radius 1 is 1.70 bits per heavy atom. The fraction of sp³-hybridized carbons (Fsp3) is 1.00. The molecular formula is C5H15NO3P+. The highest BCUT2D eigenvalue weighted by Gasteiger charge is 2.12. The van der Waals surface area contributed by atoms with Gasteiger partial charge in [0.2, 0.25) is 0 Å². The van der Waals surface area contributed by atoms with Crippen LogP contribution in [0.3, 0.4) is 0 Å². The fourth-order valence-electron chi connectivity index (χ4n) is 0.533. The smallest absolute Gasteiger partial charge is 0.197 e. The highest BCUT2D eigenvalue weighted by molar-refractivity contribution is 7.57. The van der Waals surface area contributed by atoms with Gasteiger partial charge in [0.1, 0.15) is 12.6 Å². The van der Waals surface area contributed by atoms with E-state index < -0.39 is 13.5 Å². The van der Waals surface area contributed by atoms with E-state index in [1.54, 1.807) is 0 Å². The van der Waals surface area contributed by atoms with Crippen LogP contribution in [0.4, 0.5) is 0 Å². The molecule has 0 saturated carbocycles. The average Bonchev–Trinajstić information content (AvgIpc) is 1.81. The van der Waals surface area contributed by atoms with Crippen LogP contribution in [0.25, 0.3) is 0 Å². The maximum atomic E-state index is 10.7. The Hall–Kier alpha value is 0.110. The first-order valence-corrected chi connectivity index (χ1v) is 5.51. The lowest BCUT2D eigenvalue weighted by molar-refractivity contribution is -0.383. The molecule has 10 heavy (non-hydrogen) atoms. The van der Waals surface area contributed by atoms with E-state index in [4.69, 9.17) is 10.00 Å². The monoisotopic (exact) mass is 168 g/mol. The normalized spacial score (nSPS) is 20.0. The standard InChI is InChI=1S/C5H14NO3P/c1-10(8,9)3-2-5(7)4-6/h5,7H,2-4,6H2,1H3,(H,8,9)/p+1. The number of aliphatic hydroxyl groups is 1. The SMILES string of the molecule is CP(=O)(O)CCC(O)C[NH3+]. The Bertz CT molecular complexity index is 133.